The number of amides is 2. The van der Waals surface area contributed by atoms with Crippen molar-refractivity contribution in [3.63, 3.8) is 0 Å². The Morgan fingerprint density at radius 1 is 1.00 bits per heavy atom. The number of aromatic nitrogens is 2. The van der Waals surface area contributed by atoms with E-state index in [0.717, 1.165) is 48.2 Å². The summed E-state index contributed by atoms with van der Waals surface area (Å²) in [6.45, 7) is 1.84. The molecule has 0 radical (unpaired) electrons. The molecule has 0 atom stereocenters. The van der Waals surface area contributed by atoms with Gasteiger partial charge in [-0.25, -0.2) is 4.98 Å². The van der Waals surface area contributed by atoms with Crippen LogP contribution in [0, 0.1) is 0 Å². The summed E-state index contributed by atoms with van der Waals surface area (Å²) in [4.78, 5) is 32.3. The van der Waals surface area contributed by atoms with Gasteiger partial charge in [0.25, 0.3) is 5.91 Å². The number of imidazole rings is 1. The van der Waals surface area contributed by atoms with Gasteiger partial charge in [-0.05, 0) is 55.2 Å². The zero-order valence-electron chi connectivity index (χ0n) is 18.7. The van der Waals surface area contributed by atoms with Crippen LogP contribution < -0.4 is 10.6 Å². The number of H-pyrrole nitrogens is 1. The van der Waals surface area contributed by atoms with Gasteiger partial charge in [0.15, 0.2) is 0 Å². The molecule has 0 aliphatic heterocycles. The lowest BCUT2D eigenvalue weighted by atomic mass is 10.1. The van der Waals surface area contributed by atoms with Gasteiger partial charge in [0.2, 0.25) is 5.91 Å². The van der Waals surface area contributed by atoms with Crippen molar-refractivity contribution in [1.82, 2.24) is 15.3 Å². The highest BCUT2D eigenvalue weighted by Crippen LogP contribution is 2.19. The predicted octanol–water partition coefficient (Wildman–Crippen LogP) is 5.15. The first kappa shape index (κ1) is 22.1. The van der Waals surface area contributed by atoms with Crippen LogP contribution in [-0.2, 0) is 17.6 Å². The molecule has 1 saturated carbocycles. The van der Waals surface area contributed by atoms with Crippen LogP contribution in [0.5, 0.6) is 0 Å². The molecule has 3 N–H and O–H groups in total. The molecule has 6 nitrogen and oxygen atoms in total. The number of hydrogen-bond donors (Lipinski definition) is 3. The smallest absolute Gasteiger partial charge is 0.251 e. The Morgan fingerprint density at radius 2 is 1.75 bits per heavy atom. The maximum absolute atomic E-state index is 12.7. The lowest BCUT2D eigenvalue weighted by molar-refractivity contribution is -0.115. The molecule has 0 saturated heterocycles. The molecule has 1 heterocycles. The number of aromatic amines is 1. The van der Waals surface area contributed by atoms with Crippen molar-refractivity contribution in [3.8, 4) is 0 Å². The Balaban J connectivity index is 1.36. The molecule has 1 fully saturated rings. The molecule has 4 rings (SSSR count). The van der Waals surface area contributed by atoms with E-state index < -0.39 is 0 Å². The molecule has 32 heavy (non-hydrogen) atoms. The molecule has 1 aromatic heterocycles. The second kappa shape index (κ2) is 10.4. The minimum absolute atomic E-state index is 0.00482. The molecule has 168 valence electrons. The van der Waals surface area contributed by atoms with E-state index in [1.165, 1.54) is 31.2 Å². The normalized spacial score (nSPS) is 14.8. The predicted molar refractivity (Wildman–Crippen MR) is 128 cm³/mol. The first-order valence-corrected chi connectivity index (χ1v) is 11.8. The number of rotatable bonds is 7. The van der Waals surface area contributed by atoms with Crippen LogP contribution in [0.4, 0.5) is 5.69 Å². The highest BCUT2D eigenvalue weighted by Gasteiger charge is 2.16. The monoisotopic (exact) mass is 432 g/mol. The van der Waals surface area contributed by atoms with Crippen molar-refractivity contribution in [1.29, 1.82) is 0 Å². The molecular formula is C26H32N4O2. The third-order valence-electron chi connectivity index (χ3n) is 6.19. The van der Waals surface area contributed by atoms with Gasteiger partial charge < -0.3 is 15.6 Å². The summed E-state index contributed by atoms with van der Waals surface area (Å²) in [5, 5.41) is 6.08. The van der Waals surface area contributed by atoms with E-state index in [2.05, 4.69) is 20.6 Å². The topological polar surface area (TPSA) is 86.9 Å². The molecule has 6 heteroatoms. The molecule has 1 aliphatic rings. The third kappa shape index (κ3) is 5.75. The van der Waals surface area contributed by atoms with Crippen molar-refractivity contribution in [2.45, 2.75) is 70.8 Å². The van der Waals surface area contributed by atoms with Gasteiger partial charge in [-0.2, -0.15) is 0 Å². The molecule has 1 aliphatic carbocycles. The molecule has 3 aromatic rings. The number of carbonyl (C=O) groups excluding carboxylic acids is 2. The first-order valence-electron chi connectivity index (χ1n) is 11.8. The van der Waals surface area contributed by atoms with Gasteiger partial charge in [-0.3, -0.25) is 9.59 Å². The molecule has 0 bridgehead atoms. The van der Waals surface area contributed by atoms with Crippen molar-refractivity contribution < 1.29 is 9.59 Å². The van der Waals surface area contributed by atoms with Crippen LogP contribution in [0.1, 0.15) is 73.6 Å². The quantitative estimate of drug-likeness (QED) is 0.451. The fourth-order valence-electron chi connectivity index (χ4n) is 4.28. The van der Waals surface area contributed by atoms with E-state index in [-0.39, 0.29) is 11.8 Å². The largest absolute Gasteiger partial charge is 0.349 e. The van der Waals surface area contributed by atoms with E-state index in [9.17, 15) is 9.59 Å². The second-order valence-electron chi connectivity index (χ2n) is 8.68. The average Bonchev–Trinajstić information content (AvgIpc) is 3.05. The number of nitrogens with zero attached hydrogens (tertiary/aromatic N) is 1. The van der Waals surface area contributed by atoms with Gasteiger partial charge in [0, 0.05) is 30.1 Å². The molecule has 0 spiro atoms. The van der Waals surface area contributed by atoms with Gasteiger partial charge in [-0.15, -0.1) is 0 Å². The summed E-state index contributed by atoms with van der Waals surface area (Å²) < 4.78 is 0. The van der Waals surface area contributed by atoms with E-state index in [1.807, 2.05) is 49.4 Å². The molecular weight excluding hydrogens is 400 g/mol. The highest BCUT2D eigenvalue weighted by molar-refractivity contribution is 5.97. The fourth-order valence-corrected chi connectivity index (χ4v) is 4.28. The first-order chi connectivity index (χ1) is 15.6. The average molecular weight is 433 g/mol. The Hall–Kier alpha value is -3.15. The number of carbonyl (C=O) groups is 2. The number of hydrogen-bond acceptors (Lipinski definition) is 3. The lowest BCUT2D eigenvalue weighted by Crippen LogP contribution is -2.34. The number of anilines is 1. The Morgan fingerprint density at radius 3 is 2.47 bits per heavy atom. The standard InChI is InChI=1S/C26H32N4O2/c1-2-25(31)27-21-13-9-18(10-14-21)11-16-24-29-22-15-12-19(17-23(22)30-24)26(32)28-20-7-5-3-4-6-8-20/h9-10,12-15,17,20H,2-8,11,16H2,1H3,(H,27,31)(H,28,32)(H,29,30). The fraction of sp³-hybridized carbons (Fsp3) is 0.423. The second-order valence-corrected chi connectivity index (χ2v) is 8.68. The van der Waals surface area contributed by atoms with Gasteiger partial charge >= 0.3 is 0 Å². The zero-order chi connectivity index (χ0) is 22.3. The number of aryl methyl sites for hydroxylation is 2. The van der Waals surface area contributed by atoms with E-state index in [0.29, 0.717) is 18.0 Å². The maximum atomic E-state index is 12.7. The van der Waals surface area contributed by atoms with Crippen molar-refractivity contribution >= 4 is 28.5 Å². The minimum atomic E-state index is 0.00482. The van der Waals surface area contributed by atoms with Gasteiger partial charge in [-0.1, -0.05) is 44.7 Å². The van der Waals surface area contributed by atoms with E-state index in [4.69, 9.17) is 0 Å². The number of benzene rings is 2. The number of fused-ring (bicyclic) bond motifs is 1. The van der Waals surface area contributed by atoms with Crippen LogP contribution in [0.25, 0.3) is 11.0 Å². The summed E-state index contributed by atoms with van der Waals surface area (Å²) in [6, 6.07) is 13.9. The van der Waals surface area contributed by atoms with Gasteiger partial charge in [0.1, 0.15) is 5.82 Å². The van der Waals surface area contributed by atoms with Gasteiger partial charge in [0.05, 0.1) is 11.0 Å². The zero-order valence-corrected chi connectivity index (χ0v) is 18.7. The summed E-state index contributed by atoms with van der Waals surface area (Å²) >= 11 is 0. The number of nitrogens with one attached hydrogen (secondary N) is 3. The van der Waals surface area contributed by atoms with Crippen LogP contribution in [-0.4, -0.2) is 27.8 Å². The molecule has 2 aromatic carbocycles. The van der Waals surface area contributed by atoms with Crippen LogP contribution in [0.15, 0.2) is 42.5 Å². The Bertz CT molecular complexity index is 1060. The minimum Gasteiger partial charge on any atom is -0.349 e. The van der Waals surface area contributed by atoms with Crippen LogP contribution in [0.3, 0.4) is 0 Å². The summed E-state index contributed by atoms with van der Waals surface area (Å²) in [6.07, 6.45) is 9.19. The van der Waals surface area contributed by atoms with Crippen molar-refractivity contribution in [3.05, 3.63) is 59.4 Å². The molecule has 2 amide bonds. The highest BCUT2D eigenvalue weighted by atomic mass is 16.2. The van der Waals surface area contributed by atoms with E-state index in [1.54, 1.807) is 0 Å². The Kier molecular flexibility index (Phi) is 7.20. The maximum Gasteiger partial charge on any atom is 0.251 e. The van der Waals surface area contributed by atoms with E-state index >= 15 is 0 Å². The van der Waals surface area contributed by atoms with Crippen molar-refractivity contribution in [2.24, 2.45) is 0 Å². The Labute approximate surface area is 189 Å². The van der Waals surface area contributed by atoms with Crippen LogP contribution >= 0.6 is 0 Å². The SMILES string of the molecule is CCC(=O)Nc1ccc(CCc2nc3ccc(C(=O)NC4CCCCCC4)cc3[nH]2)cc1. The van der Waals surface area contributed by atoms with Crippen LogP contribution in [0.2, 0.25) is 0 Å². The molecule has 0 unspecified atom stereocenters. The summed E-state index contributed by atoms with van der Waals surface area (Å²) in [5.74, 6) is 0.928. The lowest BCUT2D eigenvalue weighted by Gasteiger charge is -2.16. The third-order valence-corrected chi connectivity index (χ3v) is 6.19. The van der Waals surface area contributed by atoms with Crippen molar-refractivity contribution in [2.75, 3.05) is 5.32 Å². The summed E-state index contributed by atoms with van der Waals surface area (Å²) in [5.41, 5.74) is 4.46. The summed E-state index contributed by atoms with van der Waals surface area (Å²) in [7, 11) is 0.